The third-order valence-corrected chi connectivity index (χ3v) is 2.62. The first-order valence-corrected chi connectivity index (χ1v) is 5.11. The molecule has 0 N–H and O–H groups in total. The number of aromatic nitrogens is 1. The predicted octanol–water partition coefficient (Wildman–Crippen LogP) is 1.66. The molecule has 0 bridgehead atoms. The number of pyridine rings is 1. The Balaban J connectivity index is 2.03. The zero-order chi connectivity index (χ0) is 10.7. The number of rotatable bonds is 1. The largest absolute Gasteiger partial charge is 0.338 e. The fraction of sp³-hybridized carbons (Fsp3) is 0.455. The van der Waals surface area contributed by atoms with Gasteiger partial charge in [-0.2, -0.15) is 0 Å². The number of hydrogen-bond acceptors (Lipinski definition) is 2. The number of piperidine rings is 1. The lowest BCUT2D eigenvalue weighted by molar-refractivity contribution is 0.0666. The van der Waals surface area contributed by atoms with Crippen LogP contribution in [0.25, 0.3) is 0 Å². The van der Waals surface area contributed by atoms with Crippen LogP contribution in [0.5, 0.6) is 0 Å². The van der Waals surface area contributed by atoms with Crippen LogP contribution in [-0.4, -0.2) is 35.1 Å². The van der Waals surface area contributed by atoms with Gasteiger partial charge in [-0.1, -0.05) is 0 Å². The van der Waals surface area contributed by atoms with Crippen LogP contribution in [0.15, 0.2) is 24.5 Å². The first kappa shape index (κ1) is 10.1. The minimum atomic E-state index is -0.747. The lowest BCUT2D eigenvalue weighted by atomic mass is 10.1. The van der Waals surface area contributed by atoms with Gasteiger partial charge in [-0.3, -0.25) is 9.78 Å². The van der Waals surface area contributed by atoms with E-state index in [2.05, 4.69) is 4.98 Å². The number of nitrogens with zero attached hydrogens (tertiary/aromatic N) is 2. The summed E-state index contributed by atoms with van der Waals surface area (Å²) in [4.78, 5) is 17.5. The van der Waals surface area contributed by atoms with Crippen LogP contribution in [0, 0.1) is 0 Å². The van der Waals surface area contributed by atoms with Crippen LogP contribution in [0.4, 0.5) is 4.39 Å². The van der Waals surface area contributed by atoms with E-state index in [4.69, 9.17) is 0 Å². The van der Waals surface area contributed by atoms with Crippen LogP contribution in [-0.2, 0) is 0 Å². The quantitative estimate of drug-likeness (QED) is 0.703. The molecule has 3 nitrogen and oxygen atoms in total. The van der Waals surface area contributed by atoms with Crippen molar-refractivity contribution in [1.29, 1.82) is 0 Å². The Labute approximate surface area is 87.9 Å². The first-order valence-electron chi connectivity index (χ1n) is 5.11. The van der Waals surface area contributed by atoms with E-state index in [1.54, 1.807) is 29.4 Å². The van der Waals surface area contributed by atoms with E-state index >= 15 is 0 Å². The molecule has 80 valence electrons. The lowest BCUT2D eigenvalue weighted by Crippen LogP contribution is -2.39. The maximum atomic E-state index is 12.9. The Kier molecular flexibility index (Phi) is 2.94. The fourth-order valence-corrected chi connectivity index (χ4v) is 1.72. The predicted molar refractivity (Wildman–Crippen MR) is 54.3 cm³/mol. The van der Waals surface area contributed by atoms with Gasteiger partial charge in [0.05, 0.1) is 5.56 Å². The summed E-state index contributed by atoms with van der Waals surface area (Å²) in [5.41, 5.74) is 0.579. The molecule has 0 atom stereocenters. The van der Waals surface area contributed by atoms with Gasteiger partial charge < -0.3 is 4.90 Å². The summed E-state index contributed by atoms with van der Waals surface area (Å²) in [7, 11) is 0. The van der Waals surface area contributed by atoms with Crippen LogP contribution in [0.2, 0.25) is 0 Å². The molecule has 2 heterocycles. The minimum Gasteiger partial charge on any atom is -0.338 e. The van der Waals surface area contributed by atoms with Gasteiger partial charge in [-0.25, -0.2) is 4.39 Å². The van der Waals surface area contributed by atoms with E-state index in [1.807, 2.05) is 0 Å². The van der Waals surface area contributed by atoms with Crippen molar-refractivity contribution in [2.45, 2.75) is 19.0 Å². The topological polar surface area (TPSA) is 33.2 Å². The molecule has 2 rings (SSSR count). The summed E-state index contributed by atoms with van der Waals surface area (Å²) < 4.78 is 12.9. The van der Waals surface area contributed by atoms with Gasteiger partial charge in [0.15, 0.2) is 0 Å². The summed E-state index contributed by atoms with van der Waals surface area (Å²) >= 11 is 0. The highest BCUT2D eigenvalue weighted by Gasteiger charge is 2.22. The third-order valence-electron chi connectivity index (χ3n) is 2.62. The molecule has 0 aliphatic carbocycles. The number of hydrogen-bond donors (Lipinski definition) is 0. The van der Waals surface area contributed by atoms with Crippen molar-refractivity contribution < 1.29 is 9.18 Å². The van der Waals surface area contributed by atoms with Gasteiger partial charge in [-0.05, 0) is 25.0 Å². The second-order valence-electron chi connectivity index (χ2n) is 3.71. The number of halogens is 1. The average molecular weight is 208 g/mol. The number of alkyl halides is 1. The standard InChI is InChI=1S/C11H13FN2O/c12-10-3-6-14(7-4-10)11(15)9-2-1-5-13-8-9/h1-2,5,8,10H,3-4,6-7H2. The Morgan fingerprint density at radius 3 is 2.80 bits per heavy atom. The monoisotopic (exact) mass is 208 g/mol. The molecule has 1 saturated heterocycles. The average Bonchev–Trinajstić information content (AvgIpc) is 2.30. The van der Waals surface area contributed by atoms with Crippen molar-refractivity contribution in [3.63, 3.8) is 0 Å². The Morgan fingerprint density at radius 1 is 1.47 bits per heavy atom. The van der Waals surface area contributed by atoms with Crippen molar-refractivity contribution in [1.82, 2.24) is 9.88 Å². The molecule has 1 amide bonds. The zero-order valence-corrected chi connectivity index (χ0v) is 8.40. The van der Waals surface area contributed by atoms with E-state index in [0.717, 1.165) is 0 Å². The Morgan fingerprint density at radius 2 is 2.20 bits per heavy atom. The van der Waals surface area contributed by atoms with Crippen LogP contribution in [0.3, 0.4) is 0 Å². The molecule has 1 aliphatic heterocycles. The second kappa shape index (κ2) is 4.38. The van der Waals surface area contributed by atoms with Crippen LogP contribution in [0.1, 0.15) is 23.2 Å². The number of carbonyl (C=O) groups excluding carboxylic acids is 1. The van der Waals surface area contributed by atoms with Crippen LogP contribution < -0.4 is 0 Å². The van der Waals surface area contributed by atoms with Crippen molar-refractivity contribution in [3.8, 4) is 0 Å². The fourth-order valence-electron chi connectivity index (χ4n) is 1.72. The van der Waals surface area contributed by atoms with E-state index in [0.29, 0.717) is 31.5 Å². The molecule has 0 saturated carbocycles. The number of carbonyl (C=O) groups is 1. The minimum absolute atomic E-state index is 0.0463. The van der Waals surface area contributed by atoms with Gasteiger partial charge in [0.2, 0.25) is 0 Å². The van der Waals surface area contributed by atoms with Crippen LogP contribution >= 0.6 is 0 Å². The van der Waals surface area contributed by atoms with E-state index < -0.39 is 6.17 Å². The molecule has 0 aromatic carbocycles. The van der Waals surface area contributed by atoms with Gasteiger partial charge >= 0.3 is 0 Å². The SMILES string of the molecule is O=C(c1cccnc1)N1CCC(F)CC1. The smallest absolute Gasteiger partial charge is 0.255 e. The summed E-state index contributed by atoms with van der Waals surface area (Å²) in [5.74, 6) is -0.0463. The van der Waals surface area contributed by atoms with E-state index in [9.17, 15) is 9.18 Å². The summed E-state index contributed by atoms with van der Waals surface area (Å²) in [5, 5.41) is 0. The molecule has 1 aliphatic rings. The lowest BCUT2D eigenvalue weighted by Gasteiger charge is -2.28. The van der Waals surface area contributed by atoms with Crippen molar-refractivity contribution in [2.24, 2.45) is 0 Å². The normalized spacial score (nSPS) is 17.8. The van der Waals surface area contributed by atoms with Gasteiger partial charge in [-0.15, -0.1) is 0 Å². The third kappa shape index (κ3) is 2.32. The summed E-state index contributed by atoms with van der Waals surface area (Å²) in [6, 6.07) is 3.46. The molecule has 15 heavy (non-hydrogen) atoms. The van der Waals surface area contributed by atoms with E-state index in [-0.39, 0.29) is 5.91 Å². The molecule has 1 aromatic rings. The first-order chi connectivity index (χ1) is 7.27. The van der Waals surface area contributed by atoms with Crippen molar-refractivity contribution in [3.05, 3.63) is 30.1 Å². The molecular weight excluding hydrogens is 195 g/mol. The van der Waals surface area contributed by atoms with Gasteiger partial charge in [0.1, 0.15) is 6.17 Å². The van der Waals surface area contributed by atoms with Crippen molar-refractivity contribution in [2.75, 3.05) is 13.1 Å². The molecule has 1 fully saturated rings. The number of likely N-dealkylation sites (tertiary alicyclic amines) is 1. The molecular formula is C11H13FN2O. The maximum Gasteiger partial charge on any atom is 0.255 e. The zero-order valence-electron chi connectivity index (χ0n) is 8.40. The Hall–Kier alpha value is -1.45. The molecule has 0 unspecified atom stereocenters. The second-order valence-corrected chi connectivity index (χ2v) is 3.71. The highest BCUT2D eigenvalue weighted by atomic mass is 19.1. The highest BCUT2D eigenvalue weighted by molar-refractivity contribution is 5.93. The molecule has 1 aromatic heterocycles. The van der Waals surface area contributed by atoms with Gasteiger partial charge in [0, 0.05) is 25.5 Å². The summed E-state index contributed by atoms with van der Waals surface area (Å²) in [6.45, 7) is 1.02. The maximum absolute atomic E-state index is 12.9. The molecule has 4 heteroatoms. The van der Waals surface area contributed by atoms with Gasteiger partial charge in [0.25, 0.3) is 5.91 Å². The van der Waals surface area contributed by atoms with Crippen molar-refractivity contribution >= 4 is 5.91 Å². The highest BCUT2D eigenvalue weighted by Crippen LogP contribution is 2.15. The Bertz CT molecular complexity index is 334. The van der Waals surface area contributed by atoms with E-state index in [1.165, 1.54) is 0 Å². The molecule has 0 spiro atoms. The number of amides is 1. The summed E-state index contributed by atoms with van der Waals surface area (Å²) in [6.07, 6.45) is 3.33. The molecule has 0 radical (unpaired) electrons.